The van der Waals surface area contributed by atoms with Gasteiger partial charge in [0.05, 0.1) is 5.52 Å². The summed E-state index contributed by atoms with van der Waals surface area (Å²) in [5.74, 6) is 0. The van der Waals surface area contributed by atoms with Crippen LogP contribution in [0.5, 0.6) is 0 Å². The van der Waals surface area contributed by atoms with Gasteiger partial charge in [0, 0.05) is 11.4 Å². The van der Waals surface area contributed by atoms with Crippen molar-refractivity contribution in [3.8, 4) is 0 Å². The van der Waals surface area contributed by atoms with Gasteiger partial charge in [0.2, 0.25) is 0 Å². The molecule has 96 valence electrons. The van der Waals surface area contributed by atoms with Crippen LogP contribution in [0.2, 0.25) is 0 Å². The predicted molar refractivity (Wildman–Crippen MR) is 82.8 cm³/mol. The molecule has 0 saturated heterocycles. The number of aromatic nitrogens is 1. The minimum absolute atomic E-state index is 0.282. The first-order valence-corrected chi connectivity index (χ1v) is 7.19. The third-order valence-electron chi connectivity index (χ3n) is 3.39. The highest BCUT2D eigenvalue weighted by molar-refractivity contribution is 7.11. The zero-order valence-electron chi connectivity index (χ0n) is 11.1. The Hall–Kier alpha value is -1.87. The first-order valence-electron chi connectivity index (χ1n) is 6.42. The van der Waals surface area contributed by atoms with Gasteiger partial charge in [-0.1, -0.05) is 36.4 Å². The quantitative estimate of drug-likeness (QED) is 0.739. The predicted octanol–water partition coefficient (Wildman–Crippen LogP) is 4.78. The number of nitrogens with one attached hydrogen (secondary N) is 1. The molecule has 2 aromatic carbocycles. The Kier molecular flexibility index (Phi) is 3.22. The lowest BCUT2D eigenvalue weighted by atomic mass is 10.0. The van der Waals surface area contributed by atoms with Crippen LogP contribution < -0.4 is 5.32 Å². The summed E-state index contributed by atoms with van der Waals surface area (Å²) in [7, 11) is 0. The Bertz CT molecular complexity index is 703. The molecule has 0 spiro atoms. The number of aryl methyl sites for hydroxylation is 1. The molecule has 0 aliphatic heterocycles. The third-order valence-corrected chi connectivity index (χ3v) is 4.19. The lowest BCUT2D eigenvalue weighted by Gasteiger charge is -2.16. The zero-order chi connectivity index (χ0) is 13.2. The fourth-order valence-corrected chi connectivity index (χ4v) is 3.19. The zero-order valence-corrected chi connectivity index (χ0v) is 11.9. The fraction of sp³-hybridized carbons (Fsp3) is 0.188. The lowest BCUT2D eigenvalue weighted by Crippen LogP contribution is -2.07. The van der Waals surface area contributed by atoms with Crippen molar-refractivity contribution in [1.29, 1.82) is 0 Å². The minimum Gasteiger partial charge on any atom is -0.369 e. The Labute approximate surface area is 117 Å². The molecule has 0 amide bonds. The standard InChI is InChI=1S/C16H16N2S/c1-11-7-3-4-8-13(11)12(2)17-16-14-9-5-6-10-15(14)18-19-16/h3-10,12,17H,1-2H3. The van der Waals surface area contributed by atoms with Gasteiger partial charge >= 0.3 is 0 Å². The van der Waals surface area contributed by atoms with Crippen molar-refractivity contribution in [2.24, 2.45) is 0 Å². The summed E-state index contributed by atoms with van der Waals surface area (Å²) < 4.78 is 4.47. The van der Waals surface area contributed by atoms with Gasteiger partial charge in [-0.15, -0.1) is 0 Å². The van der Waals surface area contributed by atoms with E-state index in [4.69, 9.17) is 0 Å². The second kappa shape index (κ2) is 5.02. The molecule has 3 aromatic rings. The molecule has 0 radical (unpaired) electrons. The maximum Gasteiger partial charge on any atom is 0.117 e. The van der Waals surface area contributed by atoms with Crippen LogP contribution in [0.15, 0.2) is 48.5 Å². The van der Waals surface area contributed by atoms with E-state index in [-0.39, 0.29) is 6.04 Å². The van der Waals surface area contributed by atoms with Crippen LogP contribution >= 0.6 is 11.5 Å². The second-order valence-electron chi connectivity index (χ2n) is 4.75. The molecule has 19 heavy (non-hydrogen) atoms. The van der Waals surface area contributed by atoms with E-state index >= 15 is 0 Å². The Balaban J connectivity index is 1.91. The SMILES string of the molecule is Cc1ccccc1C(C)Nc1snc2ccccc12. The van der Waals surface area contributed by atoms with Gasteiger partial charge in [0.25, 0.3) is 0 Å². The van der Waals surface area contributed by atoms with E-state index in [0.29, 0.717) is 0 Å². The van der Waals surface area contributed by atoms with E-state index in [2.05, 4.69) is 66.0 Å². The van der Waals surface area contributed by atoms with Crippen molar-refractivity contribution >= 4 is 27.4 Å². The van der Waals surface area contributed by atoms with Crippen LogP contribution in [-0.2, 0) is 0 Å². The van der Waals surface area contributed by atoms with Gasteiger partial charge in [-0.2, -0.15) is 4.37 Å². The van der Waals surface area contributed by atoms with Gasteiger partial charge < -0.3 is 5.32 Å². The third kappa shape index (κ3) is 2.34. The monoisotopic (exact) mass is 268 g/mol. The smallest absolute Gasteiger partial charge is 0.117 e. The van der Waals surface area contributed by atoms with E-state index in [1.807, 2.05) is 6.07 Å². The Morgan fingerprint density at radius 2 is 1.79 bits per heavy atom. The molecule has 0 bridgehead atoms. The largest absolute Gasteiger partial charge is 0.369 e. The molecule has 1 unspecified atom stereocenters. The van der Waals surface area contributed by atoms with E-state index in [1.54, 1.807) is 0 Å². The van der Waals surface area contributed by atoms with Gasteiger partial charge in [0.15, 0.2) is 0 Å². The van der Waals surface area contributed by atoms with Crippen molar-refractivity contribution in [1.82, 2.24) is 4.37 Å². The highest BCUT2D eigenvalue weighted by Crippen LogP contribution is 2.31. The number of nitrogens with zero attached hydrogens (tertiary/aromatic N) is 1. The van der Waals surface area contributed by atoms with Crippen LogP contribution in [0.3, 0.4) is 0 Å². The highest BCUT2D eigenvalue weighted by Gasteiger charge is 2.11. The molecule has 3 heteroatoms. The average Bonchev–Trinajstić information content (AvgIpc) is 2.83. The van der Waals surface area contributed by atoms with E-state index in [0.717, 1.165) is 10.5 Å². The molecule has 3 rings (SSSR count). The van der Waals surface area contributed by atoms with Gasteiger partial charge in [-0.05, 0) is 48.6 Å². The van der Waals surface area contributed by atoms with Crippen LogP contribution in [-0.4, -0.2) is 4.37 Å². The summed E-state index contributed by atoms with van der Waals surface area (Å²) in [6.07, 6.45) is 0. The summed E-state index contributed by atoms with van der Waals surface area (Å²) in [5.41, 5.74) is 3.71. The van der Waals surface area contributed by atoms with Crippen molar-refractivity contribution in [3.63, 3.8) is 0 Å². The van der Waals surface area contributed by atoms with E-state index in [9.17, 15) is 0 Å². The molecule has 1 heterocycles. The second-order valence-corrected chi connectivity index (χ2v) is 5.52. The van der Waals surface area contributed by atoms with Gasteiger partial charge in [0.1, 0.15) is 5.00 Å². The normalized spacial score (nSPS) is 12.5. The Morgan fingerprint density at radius 1 is 1.05 bits per heavy atom. The summed E-state index contributed by atoms with van der Waals surface area (Å²) in [6.45, 7) is 4.34. The van der Waals surface area contributed by atoms with Crippen molar-refractivity contribution < 1.29 is 0 Å². The molecule has 0 aliphatic carbocycles. The Morgan fingerprint density at radius 3 is 2.63 bits per heavy atom. The molecular formula is C16H16N2S. The van der Waals surface area contributed by atoms with Crippen LogP contribution in [0.25, 0.3) is 10.9 Å². The number of benzene rings is 2. The number of rotatable bonds is 3. The number of hydrogen-bond donors (Lipinski definition) is 1. The summed E-state index contributed by atoms with van der Waals surface area (Å²) >= 11 is 1.53. The van der Waals surface area contributed by atoms with Crippen molar-refractivity contribution in [2.45, 2.75) is 19.9 Å². The van der Waals surface area contributed by atoms with Crippen molar-refractivity contribution in [3.05, 3.63) is 59.7 Å². The first kappa shape index (κ1) is 12.2. The molecule has 2 nitrogen and oxygen atoms in total. The molecule has 0 fully saturated rings. The molecular weight excluding hydrogens is 252 g/mol. The summed E-state index contributed by atoms with van der Waals surface area (Å²) in [4.78, 5) is 0. The molecule has 1 atom stereocenters. The average molecular weight is 268 g/mol. The first-order chi connectivity index (χ1) is 9.25. The summed E-state index contributed by atoms with van der Waals surface area (Å²) in [5, 5.41) is 5.92. The number of anilines is 1. The van der Waals surface area contributed by atoms with Crippen molar-refractivity contribution in [2.75, 3.05) is 5.32 Å². The maximum atomic E-state index is 4.47. The topological polar surface area (TPSA) is 24.9 Å². The molecule has 0 saturated carbocycles. The lowest BCUT2D eigenvalue weighted by molar-refractivity contribution is 0.880. The highest BCUT2D eigenvalue weighted by atomic mass is 32.1. The number of fused-ring (bicyclic) bond motifs is 1. The maximum absolute atomic E-state index is 4.47. The molecule has 1 N–H and O–H groups in total. The summed E-state index contributed by atoms with van der Waals surface area (Å²) in [6, 6.07) is 17.0. The number of hydrogen-bond acceptors (Lipinski definition) is 3. The van der Waals surface area contributed by atoms with E-state index in [1.165, 1.54) is 28.0 Å². The van der Waals surface area contributed by atoms with Gasteiger partial charge in [-0.3, -0.25) is 0 Å². The van der Waals surface area contributed by atoms with Crippen LogP contribution in [0.4, 0.5) is 5.00 Å². The molecule has 1 aromatic heterocycles. The van der Waals surface area contributed by atoms with Gasteiger partial charge in [-0.25, -0.2) is 0 Å². The fourth-order valence-electron chi connectivity index (χ4n) is 2.34. The minimum atomic E-state index is 0.282. The molecule has 0 aliphatic rings. The van der Waals surface area contributed by atoms with E-state index < -0.39 is 0 Å². The van der Waals surface area contributed by atoms with Crippen LogP contribution in [0.1, 0.15) is 24.1 Å². The van der Waals surface area contributed by atoms with Crippen LogP contribution in [0, 0.1) is 6.92 Å².